The van der Waals surface area contributed by atoms with Crippen LogP contribution < -0.4 is 10.3 Å². The molecule has 1 N–H and O–H groups in total. The SMILES string of the molecule is CCOC(=O)c1sc2ncn(CC(O)COc3ccc(CC#N)cc3)c(=O)c2c1C. The number of carbonyl (C=O) groups excluding carboxylic acids is 1. The molecule has 1 atom stereocenters. The van der Waals surface area contributed by atoms with E-state index >= 15 is 0 Å². The van der Waals surface area contributed by atoms with Crippen molar-refractivity contribution in [1.29, 1.82) is 5.26 Å². The number of nitriles is 1. The van der Waals surface area contributed by atoms with Crippen molar-refractivity contribution in [2.45, 2.75) is 32.9 Å². The van der Waals surface area contributed by atoms with Crippen molar-refractivity contribution in [3.05, 3.63) is 57.0 Å². The van der Waals surface area contributed by atoms with Gasteiger partial charge >= 0.3 is 5.97 Å². The van der Waals surface area contributed by atoms with Crippen LogP contribution in [0.25, 0.3) is 10.2 Å². The van der Waals surface area contributed by atoms with Crippen LogP contribution in [0.4, 0.5) is 0 Å². The van der Waals surface area contributed by atoms with Crippen LogP contribution in [0.5, 0.6) is 5.75 Å². The van der Waals surface area contributed by atoms with E-state index in [-0.39, 0.29) is 25.3 Å². The maximum atomic E-state index is 12.9. The van der Waals surface area contributed by atoms with E-state index in [2.05, 4.69) is 11.1 Å². The predicted octanol–water partition coefficient (Wildman–Crippen LogP) is 2.45. The largest absolute Gasteiger partial charge is 0.491 e. The number of fused-ring (bicyclic) bond motifs is 1. The number of thiophene rings is 1. The molecule has 30 heavy (non-hydrogen) atoms. The Bertz CT molecular complexity index is 1140. The van der Waals surface area contributed by atoms with Gasteiger partial charge in [0.15, 0.2) is 0 Å². The molecule has 8 nitrogen and oxygen atoms in total. The standard InChI is InChI=1S/C21H21N3O5S/c1-3-28-21(27)18-13(2)17-19(30-18)23-12-24(20(17)26)10-15(25)11-29-16-6-4-14(5-7-16)8-9-22/h4-7,12,15,25H,3,8,10-11H2,1-2H3. The molecule has 3 aromatic rings. The zero-order valence-corrected chi connectivity index (χ0v) is 17.4. The number of ether oxygens (including phenoxy) is 2. The maximum absolute atomic E-state index is 12.9. The smallest absolute Gasteiger partial charge is 0.348 e. The molecule has 156 valence electrons. The van der Waals surface area contributed by atoms with Gasteiger partial charge in [-0.3, -0.25) is 9.36 Å². The van der Waals surface area contributed by atoms with Gasteiger partial charge in [0.1, 0.15) is 28.2 Å². The fourth-order valence-electron chi connectivity index (χ4n) is 2.95. The third-order valence-corrected chi connectivity index (χ3v) is 5.61. The summed E-state index contributed by atoms with van der Waals surface area (Å²) < 4.78 is 11.9. The molecule has 3 rings (SSSR count). The fourth-order valence-corrected chi connectivity index (χ4v) is 3.98. The van der Waals surface area contributed by atoms with Crippen LogP contribution in [0.15, 0.2) is 35.4 Å². The molecule has 0 aliphatic heterocycles. The van der Waals surface area contributed by atoms with E-state index < -0.39 is 12.1 Å². The fraction of sp³-hybridized carbons (Fsp3) is 0.333. The highest BCUT2D eigenvalue weighted by molar-refractivity contribution is 7.20. The highest BCUT2D eigenvalue weighted by Crippen LogP contribution is 2.27. The Hall–Kier alpha value is -3.22. The van der Waals surface area contributed by atoms with Gasteiger partial charge in [-0.05, 0) is 37.1 Å². The number of hydrogen-bond donors (Lipinski definition) is 1. The number of carbonyl (C=O) groups is 1. The van der Waals surface area contributed by atoms with E-state index in [1.807, 2.05) is 0 Å². The van der Waals surface area contributed by atoms with Crippen molar-refractivity contribution < 1.29 is 19.4 Å². The first-order chi connectivity index (χ1) is 14.4. The van der Waals surface area contributed by atoms with Crippen molar-refractivity contribution in [1.82, 2.24) is 9.55 Å². The minimum atomic E-state index is -0.941. The van der Waals surface area contributed by atoms with Crippen LogP contribution in [0.1, 0.15) is 27.7 Å². The maximum Gasteiger partial charge on any atom is 0.348 e. The van der Waals surface area contributed by atoms with Crippen LogP contribution >= 0.6 is 11.3 Å². The second-order valence-electron chi connectivity index (χ2n) is 6.60. The Balaban J connectivity index is 1.71. The summed E-state index contributed by atoms with van der Waals surface area (Å²) in [5, 5.41) is 19.4. The van der Waals surface area contributed by atoms with Crippen molar-refractivity contribution in [3.63, 3.8) is 0 Å². The third-order valence-electron chi connectivity index (χ3n) is 4.43. The van der Waals surface area contributed by atoms with Gasteiger partial charge in [-0.2, -0.15) is 5.26 Å². The molecule has 2 heterocycles. The summed E-state index contributed by atoms with van der Waals surface area (Å²) in [6.45, 7) is 3.64. The van der Waals surface area contributed by atoms with Gasteiger partial charge < -0.3 is 14.6 Å². The molecule has 1 unspecified atom stereocenters. The van der Waals surface area contributed by atoms with E-state index in [1.54, 1.807) is 38.1 Å². The number of aliphatic hydroxyl groups is 1. The van der Waals surface area contributed by atoms with E-state index in [1.165, 1.54) is 10.9 Å². The number of hydrogen-bond acceptors (Lipinski definition) is 8. The van der Waals surface area contributed by atoms with Crippen LogP contribution in [0.3, 0.4) is 0 Å². The van der Waals surface area contributed by atoms with Crippen LogP contribution in [0, 0.1) is 18.3 Å². The Labute approximate surface area is 176 Å². The molecule has 0 amide bonds. The third kappa shape index (κ3) is 4.67. The monoisotopic (exact) mass is 427 g/mol. The summed E-state index contributed by atoms with van der Waals surface area (Å²) in [6, 6.07) is 9.10. The van der Waals surface area contributed by atoms with Gasteiger partial charge in [0.2, 0.25) is 0 Å². The van der Waals surface area contributed by atoms with Crippen LogP contribution in [-0.2, 0) is 17.7 Å². The van der Waals surface area contributed by atoms with E-state index in [9.17, 15) is 14.7 Å². The molecule has 2 aromatic heterocycles. The van der Waals surface area contributed by atoms with E-state index in [4.69, 9.17) is 14.7 Å². The van der Waals surface area contributed by atoms with Gasteiger partial charge in [-0.1, -0.05) is 12.1 Å². The normalized spacial score (nSPS) is 11.8. The summed E-state index contributed by atoms with van der Waals surface area (Å²) in [5.41, 5.74) is 1.08. The van der Waals surface area contributed by atoms with Crippen LogP contribution in [0.2, 0.25) is 0 Å². The van der Waals surface area contributed by atoms with E-state index in [0.29, 0.717) is 32.8 Å². The summed E-state index contributed by atoms with van der Waals surface area (Å²) in [5.74, 6) is 0.0857. The van der Waals surface area contributed by atoms with Gasteiger partial charge in [0.25, 0.3) is 5.56 Å². The summed E-state index contributed by atoms with van der Waals surface area (Å²) >= 11 is 1.12. The Morgan fingerprint density at radius 1 is 1.37 bits per heavy atom. The van der Waals surface area contributed by atoms with E-state index in [0.717, 1.165) is 16.9 Å². The lowest BCUT2D eigenvalue weighted by atomic mass is 10.2. The number of aliphatic hydroxyl groups excluding tert-OH is 1. The molecule has 0 aliphatic rings. The molecule has 0 bridgehead atoms. The molecule has 9 heteroatoms. The van der Waals surface area contributed by atoms with Crippen LogP contribution in [-0.4, -0.2) is 39.9 Å². The highest BCUT2D eigenvalue weighted by Gasteiger charge is 2.21. The average Bonchev–Trinajstić information content (AvgIpc) is 3.07. The second kappa shape index (κ2) is 9.52. The number of esters is 1. The molecule has 0 spiro atoms. The molecule has 0 fully saturated rings. The number of benzene rings is 1. The van der Waals surface area contributed by atoms with Crippen molar-refractivity contribution >= 4 is 27.5 Å². The van der Waals surface area contributed by atoms with Crippen molar-refractivity contribution in [2.75, 3.05) is 13.2 Å². The zero-order valence-electron chi connectivity index (χ0n) is 16.6. The average molecular weight is 427 g/mol. The summed E-state index contributed by atoms with van der Waals surface area (Å²) in [7, 11) is 0. The molecule has 0 radical (unpaired) electrons. The second-order valence-corrected chi connectivity index (χ2v) is 7.60. The topological polar surface area (TPSA) is 114 Å². The Morgan fingerprint density at radius 3 is 2.77 bits per heavy atom. The minimum absolute atomic E-state index is 0.00167. The van der Waals surface area contributed by atoms with Crippen molar-refractivity contribution in [2.24, 2.45) is 0 Å². The van der Waals surface area contributed by atoms with Gasteiger partial charge in [0, 0.05) is 0 Å². The number of aromatic nitrogens is 2. The lowest BCUT2D eigenvalue weighted by Gasteiger charge is -2.14. The highest BCUT2D eigenvalue weighted by atomic mass is 32.1. The minimum Gasteiger partial charge on any atom is -0.491 e. The lowest BCUT2D eigenvalue weighted by Crippen LogP contribution is -2.30. The Morgan fingerprint density at radius 2 is 2.10 bits per heavy atom. The summed E-state index contributed by atoms with van der Waals surface area (Å²) in [4.78, 5) is 30.0. The first kappa shape index (κ1) is 21.5. The first-order valence-electron chi connectivity index (χ1n) is 9.37. The molecule has 0 saturated carbocycles. The number of rotatable bonds is 8. The van der Waals surface area contributed by atoms with Gasteiger partial charge in [-0.25, -0.2) is 9.78 Å². The lowest BCUT2D eigenvalue weighted by molar-refractivity contribution is 0.0531. The number of nitrogens with zero attached hydrogens (tertiary/aromatic N) is 3. The molecule has 0 aliphatic carbocycles. The Kier molecular flexibility index (Phi) is 6.82. The predicted molar refractivity (Wildman–Crippen MR) is 112 cm³/mol. The quantitative estimate of drug-likeness (QED) is 0.549. The summed E-state index contributed by atoms with van der Waals surface area (Å²) in [6.07, 6.45) is 0.737. The molecule has 1 aromatic carbocycles. The molecular weight excluding hydrogens is 406 g/mol. The first-order valence-corrected chi connectivity index (χ1v) is 10.2. The van der Waals surface area contributed by atoms with Gasteiger partial charge in [0.05, 0.1) is 37.4 Å². The van der Waals surface area contributed by atoms with Crippen molar-refractivity contribution in [3.8, 4) is 11.8 Å². The molecule has 0 saturated heterocycles. The molecular formula is C21H21N3O5S. The van der Waals surface area contributed by atoms with Gasteiger partial charge in [-0.15, -0.1) is 11.3 Å². The zero-order chi connectivity index (χ0) is 21.7. The number of aryl methyl sites for hydroxylation is 1.